The number of aromatic nitrogens is 1. The van der Waals surface area contributed by atoms with Crippen molar-refractivity contribution >= 4 is 0 Å². The summed E-state index contributed by atoms with van der Waals surface area (Å²) in [5.41, 5.74) is 1.38. The van der Waals surface area contributed by atoms with Gasteiger partial charge in [0.05, 0.1) is 0 Å². The van der Waals surface area contributed by atoms with Crippen LogP contribution >= 0.6 is 0 Å². The Kier molecular flexibility index (Phi) is 4.55. The predicted octanol–water partition coefficient (Wildman–Crippen LogP) is 3.04. The molecule has 1 aromatic heterocycles. The Morgan fingerprint density at radius 3 is 2.71 bits per heavy atom. The maximum absolute atomic E-state index is 4.04. The van der Waals surface area contributed by atoms with Gasteiger partial charge < -0.3 is 5.32 Å². The summed E-state index contributed by atoms with van der Waals surface area (Å²) in [4.78, 5) is 4.04. The van der Waals surface area contributed by atoms with Gasteiger partial charge in [-0.05, 0) is 61.8 Å². The number of hydrogen-bond acceptors (Lipinski definition) is 2. The first kappa shape index (κ1) is 12.6. The molecule has 1 aliphatic rings. The third kappa shape index (κ3) is 3.81. The van der Waals surface area contributed by atoms with Crippen molar-refractivity contribution in [2.75, 3.05) is 6.54 Å². The van der Waals surface area contributed by atoms with Crippen LogP contribution in [0.2, 0.25) is 0 Å². The fraction of sp³-hybridized carbons (Fsp3) is 0.667. The van der Waals surface area contributed by atoms with Gasteiger partial charge in [0.25, 0.3) is 0 Å². The quantitative estimate of drug-likeness (QED) is 0.863. The highest BCUT2D eigenvalue weighted by atomic mass is 14.9. The SMILES string of the molecule is CC1CCC(NCCc2ccncc2)C(C)C1. The summed E-state index contributed by atoms with van der Waals surface area (Å²) in [6.45, 7) is 5.86. The monoisotopic (exact) mass is 232 g/mol. The smallest absolute Gasteiger partial charge is 0.0270 e. The van der Waals surface area contributed by atoms with Crippen molar-refractivity contribution in [3.63, 3.8) is 0 Å². The second-order valence-corrected chi connectivity index (χ2v) is 5.56. The van der Waals surface area contributed by atoms with Crippen molar-refractivity contribution in [3.8, 4) is 0 Å². The maximum Gasteiger partial charge on any atom is 0.0270 e. The first-order valence-corrected chi connectivity index (χ1v) is 6.88. The normalized spacial score (nSPS) is 29.2. The molecule has 1 aromatic rings. The van der Waals surface area contributed by atoms with Crippen LogP contribution in [0.15, 0.2) is 24.5 Å². The van der Waals surface area contributed by atoms with Crippen molar-refractivity contribution in [1.29, 1.82) is 0 Å². The Hall–Kier alpha value is -0.890. The highest BCUT2D eigenvalue weighted by molar-refractivity contribution is 5.09. The first-order valence-electron chi connectivity index (χ1n) is 6.88. The minimum atomic E-state index is 0.730. The van der Waals surface area contributed by atoms with Crippen molar-refractivity contribution in [3.05, 3.63) is 30.1 Å². The minimum Gasteiger partial charge on any atom is -0.313 e. The molecule has 3 atom stereocenters. The Balaban J connectivity index is 1.72. The molecular weight excluding hydrogens is 208 g/mol. The summed E-state index contributed by atoms with van der Waals surface area (Å²) in [6, 6.07) is 4.94. The Labute approximate surface area is 105 Å². The van der Waals surface area contributed by atoms with Crippen molar-refractivity contribution in [2.24, 2.45) is 11.8 Å². The van der Waals surface area contributed by atoms with Gasteiger partial charge in [-0.2, -0.15) is 0 Å². The van der Waals surface area contributed by atoms with Gasteiger partial charge in [-0.25, -0.2) is 0 Å². The number of nitrogens with zero attached hydrogens (tertiary/aromatic N) is 1. The largest absolute Gasteiger partial charge is 0.313 e. The standard InChI is InChI=1S/C15H24N2/c1-12-3-4-15(13(2)11-12)17-10-7-14-5-8-16-9-6-14/h5-6,8-9,12-13,15,17H,3-4,7,10-11H2,1-2H3. The van der Waals surface area contributed by atoms with E-state index in [-0.39, 0.29) is 0 Å². The van der Waals surface area contributed by atoms with E-state index < -0.39 is 0 Å². The van der Waals surface area contributed by atoms with Gasteiger partial charge >= 0.3 is 0 Å². The van der Waals surface area contributed by atoms with Crippen LogP contribution in [0, 0.1) is 11.8 Å². The van der Waals surface area contributed by atoms with Crippen molar-refractivity contribution in [2.45, 2.75) is 45.6 Å². The topological polar surface area (TPSA) is 24.9 Å². The van der Waals surface area contributed by atoms with Gasteiger partial charge in [0.1, 0.15) is 0 Å². The molecule has 1 saturated carbocycles. The lowest BCUT2D eigenvalue weighted by atomic mass is 9.80. The number of nitrogens with one attached hydrogen (secondary N) is 1. The highest BCUT2D eigenvalue weighted by Gasteiger charge is 2.24. The molecule has 0 aromatic carbocycles. The number of pyridine rings is 1. The average molecular weight is 232 g/mol. The average Bonchev–Trinajstić information content (AvgIpc) is 2.33. The molecule has 0 bridgehead atoms. The summed E-state index contributed by atoms with van der Waals surface area (Å²) in [5, 5.41) is 3.72. The molecular formula is C15H24N2. The van der Waals surface area contributed by atoms with Gasteiger partial charge in [0.2, 0.25) is 0 Å². The van der Waals surface area contributed by atoms with Crippen LogP contribution in [-0.2, 0) is 6.42 Å². The van der Waals surface area contributed by atoms with Gasteiger partial charge in [-0.1, -0.05) is 13.8 Å². The summed E-state index contributed by atoms with van der Waals surface area (Å²) in [5.74, 6) is 1.75. The summed E-state index contributed by atoms with van der Waals surface area (Å²) in [6.07, 6.45) is 8.98. The molecule has 1 aliphatic carbocycles. The van der Waals surface area contributed by atoms with Gasteiger partial charge in [0, 0.05) is 18.4 Å². The zero-order valence-electron chi connectivity index (χ0n) is 11.0. The molecule has 0 saturated heterocycles. The van der Waals surface area contributed by atoms with E-state index in [1.165, 1.54) is 24.8 Å². The molecule has 3 unspecified atom stereocenters. The molecule has 0 aliphatic heterocycles. The van der Waals surface area contributed by atoms with Crippen LogP contribution in [-0.4, -0.2) is 17.6 Å². The van der Waals surface area contributed by atoms with E-state index in [0.29, 0.717) is 0 Å². The molecule has 2 heteroatoms. The van der Waals surface area contributed by atoms with Crippen LogP contribution in [0.3, 0.4) is 0 Å². The third-order valence-electron chi connectivity index (χ3n) is 4.00. The fourth-order valence-electron chi connectivity index (χ4n) is 2.92. The first-order chi connectivity index (χ1) is 8.25. The zero-order valence-corrected chi connectivity index (χ0v) is 11.0. The summed E-state index contributed by atoms with van der Waals surface area (Å²) >= 11 is 0. The molecule has 0 spiro atoms. The lowest BCUT2D eigenvalue weighted by molar-refractivity contribution is 0.229. The van der Waals surface area contributed by atoms with E-state index in [2.05, 4.69) is 36.3 Å². The van der Waals surface area contributed by atoms with Gasteiger partial charge in [0.15, 0.2) is 0 Å². The van der Waals surface area contributed by atoms with Gasteiger partial charge in [-0.3, -0.25) is 4.98 Å². The molecule has 0 radical (unpaired) electrons. The molecule has 2 nitrogen and oxygen atoms in total. The van der Waals surface area contributed by atoms with Crippen LogP contribution in [0.4, 0.5) is 0 Å². The van der Waals surface area contributed by atoms with E-state index >= 15 is 0 Å². The highest BCUT2D eigenvalue weighted by Crippen LogP contribution is 2.28. The molecule has 1 N–H and O–H groups in total. The van der Waals surface area contributed by atoms with Crippen LogP contribution < -0.4 is 5.32 Å². The van der Waals surface area contributed by atoms with Crippen LogP contribution in [0.5, 0.6) is 0 Å². The summed E-state index contributed by atoms with van der Waals surface area (Å²) in [7, 11) is 0. The van der Waals surface area contributed by atoms with Crippen LogP contribution in [0.1, 0.15) is 38.7 Å². The lowest BCUT2D eigenvalue weighted by Gasteiger charge is -2.33. The Bertz CT molecular complexity index is 323. The van der Waals surface area contributed by atoms with Crippen molar-refractivity contribution < 1.29 is 0 Å². The van der Waals surface area contributed by atoms with E-state index in [0.717, 1.165) is 30.8 Å². The summed E-state index contributed by atoms with van der Waals surface area (Å²) < 4.78 is 0. The van der Waals surface area contributed by atoms with Crippen LogP contribution in [0.25, 0.3) is 0 Å². The molecule has 94 valence electrons. The fourth-order valence-corrected chi connectivity index (χ4v) is 2.92. The molecule has 17 heavy (non-hydrogen) atoms. The molecule has 1 fully saturated rings. The number of hydrogen-bond donors (Lipinski definition) is 1. The van der Waals surface area contributed by atoms with E-state index in [1.54, 1.807) is 0 Å². The molecule has 2 rings (SSSR count). The van der Waals surface area contributed by atoms with E-state index in [4.69, 9.17) is 0 Å². The Morgan fingerprint density at radius 2 is 2.00 bits per heavy atom. The minimum absolute atomic E-state index is 0.730. The van der Waals surface area contributed by atoms with E-state index in [9.17, 15) is 0 Å². The Morgan fingerprint density at radius 1 is 1.24 bits per heavy atom. The molecule has 1 heterocycles. The van der Waals surface area contributed by atoms with Crippen molar-refractivity contribution in [1.82, 2.24) is 10.3 Å². The third-order valence-corrected chi connectivity index (χ3v) is 4.00. The van der Waals surface area contributed by atoms with Gasteiger partial charge in [-0.15, -0.1) is 0 Å². The molecule has 0 amide bonds. The second-order valence-electron chi connectivity index (χ2n) is 5.56. The zero-order chi connectivity index (χ0) is 12.1. The predicted molar refractivity (Wildman–Crippen MR) is 71.9 cm³/mol. The second kappa shape index (κ2) is 6.15. The lowest BCUT2D eigenvalue weighted by Crippen LogP contribution is -2.39. The van der Waals surface area contributed by atoms with E-state index in [1.807, 2.05) is 12.4 Å². The maximum atomic E-state index is 4.04. The number of rotatable bonds is 4.